The maximum Gasteiger partial charge on any atom is 0.408 e. The van der Waals surface area contributed by atoms with Crippen LogP contribution in [0.2, 0.25) is 5.02 Å². The van der Waals surface area contributed by atoms with Gasteiger partial charge >= 0.3 is 6.18 Å². The minimum atomic E-state index is -4.35. The zero-order valence-corrected chi connectivity index (χ0v) is 13.6. The van der Waals surface area contributed by atoms with Crippen molar-refractivity contribution < 1.29 is 18.0 Å². The van der Waals surface area contributed by atoms with Crippen LogP contribution in [0.4, 0.5) is 13.2 Å². The number of rotatable bonds is 5. The first-order chi connectivity index (χ1) is 11.2. The van der Waals surface area contributed by atoms with Crippen molar-refractivity contribution in [2.45, 2.75) is 33.1 Å². The van der Waals surface area contributed by atoms with Crippen LogP contribution >= 0.6 is 11.6 Å². The Bertz CT molecular complexity index is 764. The highest BCUT2D eigenvalue weighted by Gasteiger charge is 2.28. The molecular weight excluding hydrogens is 349 g/mol. The number of nitrogens with zero attached hydrogens (tertiary/aromatic N) is 5. The van der Waals surface area contributed by atoms with Crippen molar-refractivity contribution in [1.29, 1.82) is 0 Å². The van der Waals surface area contributed by atoms with Gasteiger partial charge in [0.2, 0.25) is 0 Å². The maximum atomic E-state index is 12.2. The average molecular weight is 363 g/mol. The van der Waals surface area contributed by atoms with Crippen LogP contribution in [0.1, 0.15) is 17.1 Å². The van der Waals surface area contributed by atoms with E-state index in [1.54, 1.807) is 13.8 Å². The quantitative estimate of drug-likeness (QED) is 0.653. The first-order valence-corrected chi connectivity index (χ1v) is 7.15. The van der Waals surface area contributed by atoms with Crippen LogP contribution in [0.25, 0.3) is 0 Å². The number of hydrogen-bond donors (Lipinski definition) is 1. The molecule has 24 heavy (non-hydrogen) atoms. The first kappa shape index (κ1) is 18.0. The van der Waals surface area contributed by atoms with Gasteiger partial charge in [-0.2, -0.15) is 28.5 Å². The monoisotopic (exact) mass is 362 g/mol. The summed E-state index contributed by atoms with van der Waals surface area (Å²) in [5.41, 5.74) is 3.70. The van der Waals surface area contributed by atoms with E-state index >= 15 is 0 Å². The fraction of sp³-hybridized carbons (Fsp3) is 0.385. The molecule has 0 radical (unpaired) electrons. The minimum Gasteiger partial charge on any atom is -0.271 e. The van der Waals surface area contributed by atoms with Crippen LogP contribution < -0.4 is 5.43 Å². The van der Waals surface area contributed by atoms with Crippen molar-refractivity contribution in [3.63, 3.8) is 0 Å². The smallest absolute Gasteiger partial charge is 0.271 e. The number of hydrazone groups is 1. The lowest BCUT2D eigenvalue weighted by molar-refractivity contribution is -0.142. The Morgan fingerprint density at radius 1 is 1.42 bits per heavy atom. The molecule has 0 aliphatic rings. The second-order valence-electron chi connectivity index (χ2n) is 4.99. The summed E-state index contributed by atoms with van der Waals surface area (Å²) in [5, 5.41) is 11.9. The van der Waals surface area contributed by atoms with Crippen molar-refractivity contribution in [2.24, 2.45) is 5.10 Å². The van der Waals surface area contributed by atoms with Crippen LogP contribution in [-0.2, 0) is 17.9 Å². The predicted octanol–water partition coefficient (Wildman–Crippen LogP) is 2.06. The lowest BCUT2D eigenvalue weighted by Crippen LogP contribution is -2.24. The Balaban J connectivity index is 1.89. The van der Waals surface area contributed by atoms with Crippen molar-refractivity contribution in [3.05, 3.63) is 34.4 Å². The Kier molecular flexibility index (Phi) is 5.27. The summed E-state index contributed by atoms with van der Waals surface area (Å²) >= 11 is 5.98. The molecule has 0 saturated carbocycles. The Hall–Kier alpha value is -2.36. The molecule has 2 aromatic heterocycles. The number of carbonyl (C=O) groups is 1. The van der Waals surface area contributed by atoms with Crippen LogP contribution in [0.5, 0.6) is 0 Å². The van der Waals surface area contributed by atoms with Crippen molar-refractivity contribution in [1.82, 2.24) is 25.0 Å². The predicted molar refractivity (Wildman–Crippen MR) is 80.7 cm³/mol. The van der Waals surface area contributed by atoms with Crippen LogP contribution in [0.3, 0.4) is 0 Å². The van der Waals surface area contributed by atoms with Crippen LogP contribution in [-0.4, -0.2) is 37.9 Å². The zero-order chi connectivity index (χ0) is 17.9. The zero-order valence-electron chi connectivity index (χ0n) is 12.8. The third kappa shape index (κ3) is 4.82. The van der Waals surface area contributed by atoms with E-state index in [1.807, 2.05) is 0 Å². The van der Waals surface area contributed by atoms with E-state index in [4.69, 9.17) is 11.6 Å². The van der Waals surface area contributed by atoms with Gasteiger partial charge < -0.3 is 0 Å². The largest absolute Gasteiger partial charge is 0.408 e. The molecule has 0 aliphatic carbocycles. The number of amides is 1. The highest BCUT2D eigenvalue weighted by molar-refractivity contribution is 6.31. The van der Waals surface area contributed by atoms with Gasteiger partial charge in [-0.3, -0.25) is 14.2 Å². The van der Waals surface area contributed by atoms with Gasteiger partial charge in [-0.25, -0.2) is 5.43 Å². The molecule has 0 atom stereocenters. The molecule has 2 aromatic rings. The van der Waals surface area contributed by atoms with Crippen molar-refractivity contribution in [3.8, 4) is 0 Å². The van der Waals surface area contributed by atoms with Gasteiger partial charge in [0.1, 0.15) is 18.8 Å². The molecule has 130 valence electrons. The van der Waals surface area contributed by atoms with Gasteiger partial charge in [0.15, 0.2) is 0 Å². The Morgan fingerprint density at radius 2 is 2.12 bits per heavy atom. The van der Waals surface area contributed by atoms with Gasteiger partial charge in [0.05, 0.1) is 22.6 Å². The fourth-order valence-electron chi connectivity index (χ4n) is 1.89. The third-order valence-electron chi connectivity index (χ3n) is 2.98. The van der Waals surface area contributed by atoms with E-state index in [0.29, 0.717) is 16.4 Å². The summed E-state index contributed by atoms with van der Waals surface area (Å²) in [5.74, 6) is -0.455. The van der Waals surface area contributed by atoms with Gasteiger partial charge in [-0.05, 0) is 19.9 Å². The topological polar surface area (TPSA) is 77.1 Å². The number of hydrogen-bond acceptors (Lipinski definition) is 4. The highest BCUT2D eigenvalue weighted by Crippen LogP contribution is 2.18. The van der Waals surface area contributed by atoms with E-state index in [1.165, 1.54) is 16.9 Å². The van der Waals surface area contributed by atoms with E-state index in [-0.39, 0.29) is 12.2 Å². The fourth-order valence-corrected chi connectivity index (χ4v) is 2.02. The number of alkyl halides is 3. The molecule has 7 nitrogen and oxygen atoms in total. The summed E-state index contributed by atoms with van der Waals surface area (Å²) in [4.78, 5) is 11.8. The summed E-state index contributed by atoms with van der Waals surface area (Å²) < 4.78 is 38.8. The molecule has 2 heterocycles. The van der Waals surface area contributed by atoms with E-state index in [2.05, 4.69) is 20.7 Å². The van der Waals surface area contributed by atoms with Gasteiger partial charge in [-0.15, -0.1) is 0 Å². The summed E-state index contributed by atoms with van der Waals surface area (Å²) in [6, 6.07) is 1.35. The molecule has 0 saturated heterocycles. The van der Waals surface area contributed by atoms with E-state index in [9.17, 15) is 18.0 Å². The third-order valence-corrected chi connectivity index (χ3v) is 3.52. The number of aryl methyl sites for hydroxylation is 1. The molecule has 0 unspecified atom stereocenters. The summed E-state index contributed by atoms with van der Waals surface area (Å²) in [7, 11) is 0. The molecule has 0 spiro atoms. The summed E-state index contributed by atoms with van der Waals surface area (Å²) in [6.07, 6.45) is -2.02. The maximum absolute atomic E-state index is 12.2. The number of halogens is 4. The standard InChI is InChI=1S/C13H14ClF3N6O/c1-8-12(14)9(2)23(20-8)6-11(24)19-18-5-10-3-4-22(21-10)7-13(15,16)17/h3-5H,6-7H2,1-2H3,(H,19,24). The van der Waals surface area contributed by atoms with Crippen LogP contribution in [0, 0.1) is 13.8 Å². The van der Waals surface area contributed by atoms with E-state index < -0.39 is 18.6 Å². The molecule has 0 aliphatic heterocycles. The molecule has 1 amide bonds. The normalized spacial score (nSPS) is 12.1. The lowest BCUT2D eigenvalue weighted by atomic mass is 10.4. The molecule has 0 aromatic carbocycles. The molecule has 11 heteroatoms. The van der Waals surface area contributed by atoms with Gasteiger partial charge in [-0.1, -0.05) is 11.6 Å². The van der Waals surface area contributed by atoms with Crippen molar-refractivity contribution >= 4 is 23.7 Å². The average Bonchev–Trinajstić information content (AvgIpc) is 2.98. The van der Waals surface area contributed by atoms with E-state index in [0.717, 1.165) is 10.9 Å². The van der Waals surface area contributed by atoms with Gasteiger partial charge in [0.25, 0.3) is 5.91 Å². The molecule has 0 bridgehead atoms. The molecule has 1 N–H and O–H groups in total. The first-order valence-electron chi connectivity index (χ1n) is 6.77. The number of nitrogens with one attached hydrogen (secondary N) is 1. The Morgan fingerprint density at radius 3 is 2.71 bits per heavy atom. The highest BCUT2D eigenvalue weighted by atomic mass is 35.5. The molecule has 2 rings (SSSR count). The lowest BCUT2D eigenvalue weighted by Gasteiger charge is -2.04. The minimum absolute atomic E-state index is 0.0841. The van der Waals surface area contributed by atoms with Crippen LogP contribution in [0.15, 0.2) is 17.4 Å². The SMILES string of the molecule is Cc1nn(CC(=O)NN=Cc2ccn(CC(F)(F)F)n2)c(C)c1Cl. The van der Waals surface area contributed by atoms with Gasteiger partial charge in [0, 0.05) is 6.20 Å². The second kappa shape index (κ2) is 7.04. The summed E-state index contributed by atoms with van der Waals surface area (Å²) in [6.45, 7) is 2.18. The molecular formula is C13H14ClF3N6O. The number of carbonyl (C=O) groups excluding carboxylic acids is 1. The molecule has 0 fully saturated rings. The second-order valence-corrected chi connectivity index (χ2v) is 5.37. The van der Waals surface area contributed by atoms with Crippen molar-refractivity contribution in [2.75, 3.05) is 0 Å². The Labute approximate surface area is 140 Å². The number of aromatic nitrogens is 4.